The third-order valence-electron chi connectivity index (χ3n) is 4.34. The topological polar surface area (TPSA) is 55.1 Å². The second kappa shape index (κ2) is 9.16. The number of fused-ring (bicyclic) bond motifs is 1. The Morgan fingerprint density at radius 3 is 2.52 bits per heavy atom. The molecule has 6 heteroatoms. The van der Waals surface area contributed by atoms with Gasteiger partial charge < -0.3 is 9.73 Å². The van der Waals surface area contributed by atoms with Crippen molar-refractivity contribution in [3.8, 4) is 11.5 Å². The number of hydrogen-bond donors (Lipinski definition) is 1. The number of nitrogens with zero attached hydrogens (tertiary/aromatic N) is 1. The smallest absolute Gasteiger partial charge is 0.227 e. The van der Waals surface area contributed by atoms with Crippen LogP contribution in [0.1, 0.15) is 12.8 Å². The Kier molecular flexibility index (Phi) is 6.17. The molecule has 4 nitrogen and oxygen atoms in total. The van der Waals surface area contributed by atoms with E-state index in [0.717, 1.165) is 44.4 Å². The Bertz CT molecular complexity index is 1070. The van der Waals surface area contributed by atoms with Crippen LogP contribution in [-0.4, -0.2) is 16.6 Å². The monoisotopic (exact) mass is 422 g/mol. The van der Waals surface area contributed by atoms with Gasteiger partial charge >= 0.3 is 0 Å². The van der Waals surface area contributed by atoms with Crippen LogP contribution in [0.2, 0.25) is 5.02 Å². The van der Waals surface area contributed by atoms with E-state index in [1.165, 1.54) is 0 Å². The number of para-hydroxylation sites is 2. The van der Waals surface area contributed by atoms with Crippen molar-refractivity contribution < 1.29 is 9.21 Å². The fraction of sp³-hybridized carbons (Fsp3) is 0.130. The molecule has 0 spiro atoms. The second-order valence-electron chi connectivity index (χ2n) is 6.52. The number of amides is 1. The summed E-state index contributed by atoms with van der Waals surface area (Å²) in [5, 5.41) is 3.67. The second-order valence-corrected chi connectivity index (χ2v) is 8.12. The fourth-order valence-corrected chi connectivity index (χ4v) is 3.85. The summed E-state index contributed by atoms with van der Waals surface area (Å²) in [7, 11) is 0. The first-order valence-corrected chi connectivity index (χ1v) is 10.7. The quantitative estimate of drug-likeness (QED) is 0.267. The van der Waals surface area contributed by atoms with Crippen LogP contribution < -0.4 is 5.32 Å². The van der Waals surface area contributed by atoms with Crippen molar-refractivity contribution in [3.63, 3.8) is 0 Å². The molecule has 0 atom stereocenters. The van der Waals surface area contributed by atoms with E-state index in [2.05, 4.69) is 10.3 Å². The predicted molar refractivity (Wildman–Crippen MR) is 119 cm³/mol. The van der Waals surface area contributed by atoms with Gasteiger partial charge in [0.2, 0.25) is 11.8 Å². The van der Waals surface area contributed by atoms with Gasteiger partial charge in [-0.2, -0.15) is 0 Å². The lowest BCUT2D eigenvalue weighted by Crippen LogP contribution is -2.11. The minimum Gasteiger partial charge on any atom is -0.436 e. The number of carbonyl (C=O) groups excluding carboxylic acids is 1. The summed E-state index contributed by atoms with van der Waals surface area (Å²) >= 11 is 7.61. The van der Waals surface area contributed by atoms with Gasteiger partial charge in [-0.1, -0.05) is 23.7 Å². The van der Waals surface area contributed by atoms with Crippen LogP contribution in [0.3, 0.4) is 0 Å². The maximum atomic E-state index is 12.2. The average Bonchev–Trinajstić information content (AvgIpc) is 3.17. The number of nitrogens with one attached hydrogen (secondary N) is 1. The van der Waals surface area contributed by atoms with E-state index in [0.29, 0.717) is 12.3 Å². The highest BCUT2D eigenvalue weighted by atomic mass is 35.5. The van der Waals surface area contributed by atoms with Gasteiger partial charge in [0.15, 0.2) is 5.58 Å². The minimum absolute atomic E-state index is 0.0105. The molecule has 29 heavy (non-hydrogen) atoms. The molecule has 0 aliphatic heterocycles. The van der Waals surface area contributed by atoms with Crippen LogP contribution in [0, 0.1) is 0 Å². The summed E-state index contributed by atoms with van der Waals surface area (Å²) in [6.07, 6.45) is 1.29. The number of hydrogen-bond acceptors (Lipinski definition) is 4. The van der Waals surface area contributed by atoms with Crippen LogP contribution in [-0.2, 0) is 4.79 Å². The molecular formula is C23H19ClN2O2S. The van der Waals surface area contributed by atoms with Gasteiger partial charge in [-0.05, 0) is 72.8 Å². The highest BCUT2D eigenvalue weighted by molar-refractivity contribution is 7.99. The van der Waals surface area contributed by atoms with Gasteiger partial charge in [0.25, 0.3) is 0 Å². The fourth-order valence-electron chi connectivity index (χ4n) is 2.87. The Hall–Kier alpha value is -2.76. The standard InChI is InChI=1S/C23H19ClN2O2S/c24-17-9-13-19(14-10-17)29-15-3-6-22(27)25-18-11-7-16(8-12-18)23-26-20-4-1-2-5-21(20)28-23/h1-2,4-5,7-14H,3,6,15H2,(H,25,27). The number of thioether (sulfide) groups is 1. The summed E-state index contributed by atoms with van der Waals surface area (Å²) < 4.78 is 5.78. The van der Waals surface area contributed by atoms with Crippen LogP contribution >= 0.6 is 23.4 Å². The zero-order valence-electron chi connectivity index (χ0n) is 15.6. The molecule has 4 rings (SSSR count). The van der Waals surface area contributed by atoms with Crippen LogP contribution in [0.4, 0.5) is 5.69 Å². The molecule has 1 aromatic heterocycles. The predicted octanol–water partition coefficient (Wildman–Crippen LogP) is 6.66. The number of aromatic nitrogens is 1. The van der Waals surface area contributed by atoms with E-state index < -0.39 is 0 Å². The molecule has 0 saturated heterocycles. The van der Waals surface area contributed by atoms with E-state index in [-0.39, 0.29) is 5.91 Å². The molecule has 1 heterocycles. The van der Waals surface area contributed by atoms with Gasteiger partial charge in [-0.25, -0.2) is 4.98 Å². The van der Waals surface area contributed by atoms with Gasteiger partial charge in [-0.15, -0.1) is 11.8 Å². The maximum Gasteiger partial charge on any atom is 0.227 e. The molecule has 3 aromatic carbocycles. The lowest BCUT2D eigenvalue weighted by atomic mass is 10.2. The number of benzene rings is 3. The Morgan fingerprint density at radius 1 is 1.00 bits per heavy atom. The third-order valence-corrected chi connectivity index (χ3v) is 5.69. The number of halogens is 1. The van der Waals surface area contributed by atoms with Gasteiger partial charge in [0, 0.05) is 27.6 Å². The van der Waals surface area contributed by atoms with Crippen molar-refractivity contribution in [2.75, 3.05) is 11.1 Å². The van der Waals surface area contributed by atoms with Gasteiger partial charge in [0.1, 0.15) is 5.52 Å². The van der Waals surface area contributed by atoms with E-state index in [9.17, 15) is 4.79 Å². The normalized spacial score (nSPS) is 10.9. The molecule has 0 unspecified atom stereocenters. The molecule has 0 radical (unpaired) electrons. The van der Waals surface area contributed by atoms with Crippen molar-refractivity contribution in [1.29, 1.82) is 0 Å². The zero-order chi connectivity index (χ0) is 20.1. The molecular weight excluding hydrogens is 404 g/mol. The van der Waals surface area contributed by atoms with E-state index >= 15 is 0 Å². The van der Waals surface area contributed by atoms with Crippen LogP contribution in [0.25, 0.3) is 22.6 Å². The zero-order valence-corrected chi connectivity index (χ0v) is 17.2. The molecule has 0 aliphatic rings. The van der Waals surface area contributed by atoms with Crippen molar-refractivity contribution >= 4 is 46.1 Å². The first kappa shape index (κ1) is 19.6. The molecule has 1 amide bonds. The molecule has 0 bridgehead atoms. The summed E-state index contributed by atoms with van der Waals surface area (Å²) in [6, 6.07) is 22.9. The average molecular weight is 423 g/mol. The third kappa shape index (κ3) is 5.19. The SMILES string of the molecule is O=C(CCCSc1ccc(Cl)cc1)Nc1ccc(-c2nc3ccccc3o2)cc1. The Balaban J connectivity index is 1.27. The van der Waals surface area contributed by atoms with Crippen LogP contribution in [0.5, 0.6) is 0 Å². The Labute approximate surface area is 178 Å². The molecule has 1 N–H and O–H groups in total. The highest BCUT2D eigenvalue weighted by Gasteiger charge is 2.08. The molecule has 0 aliphatic carbocycles. The van der Waals surface area contributed by atoms with Crippen molar-refractivity contribution in [3.05, 3.63) is 77.8 Å². The molecule has 0 saturated carbocycles. The van der Waals surface area contributed by atoms with Crippen molar-refractivity contribution in [1.82, 2.24) is 4.98 Å². The largest absolute Gasteiger partial charge is 0.436 e. The van der Waals surface area contributed by atoms with Gasteiger partial charge in [0.05, 0.1) is 0 Å². The van der Waals surface area contributed by atoms with E-state index in [1.807, 2.05) is 72.8 Å². The van der Waals surface area contributed by atoms with Crippen molar-refractivity contribution in [2.45, 2.75) is 17.7 Å². The van der Waals surface area contributed by atoms with Crippen molar-refractivity contribution in [2.24, 2.45) is 0 Å². The van der Waals surface area contributed by atoms with Crippen LogP contribution in [0.15, 0.2) is 82.1 Å². The highest BCUT2D eigenvalue weighted by Crippen LogP contribution is 2.25. The van der Waals surface area contributed by atoms with Gasteiger partial charge in [-0.3, -0.25) is 4.79 Å². The summed E-state index contributed by atoms with van der Waals surface area (Å²) in [5.74, 6) is 1.46. The first-order chi connectivity index (χ1) is 14.2. The molecule has 0 fully saturated rings. The summed E-state index contributed by atoms with van der Waals surface area (Å²) in [6.45, 7) is 0. The number of anilines is 1. The summed E-state index contributed by atoms with van der Waals surface area (Å²) in [5.41, 5.74) is 3.23. The first-order valence-electron chi connectivity index (χ1n) is 9.32. The Morgan fingerprint density at radius 2 is 1.76 bits per heavy atom. The number of carbonyl (C=O) groups is 1. The number of oxazole rings is 1. The van der Waals surface area contributed by atoms with E-state index in [1.54, 1.807) is 11.8 Å². The lowest BCUT2D eigenvalue weighted by Gasteiger charge is -2.06. The minimum atomic E-state index is 0.0105. The molecule has 4 aromatic rings. The maximum absolute atomic E-state index is 12.2. The summed E-state index contributed by atoms with van der Waals surface area (Å²) in [4.78, 5) is 17.8. The molecule has 146 valence electrons. The van der Waals surface area contributed by atoms with E-state index in [4.69, 9.17) is 16.0 Å². The number of rotatable bonds is 7. The lowest BCUT2D eigenvalue weighted by molar-refractivity contribution is -0.116.